The van der Waals surface area contributed by atoms with E-state index < -0.39 is 6.10 Å². The number of hydrogen-bond acceptors (Lipinski definition) is 6. The van der Waals surface area contributed by atoms with Gasteiger partial charge in [0.25, 0.3) is 0 Å². The lowest BCUT2D eigenvalue weighted by molar-refractivity contribution is -0.167. The van der Waals surface area contributed by atoms with Gasteiger partial charge in [0, 0.05) is 19.3 Å². The molecule has 336 valence electrons. The number of carbonyl (C=O) groups excluding carboxylic acids is 3. The SMILES string of the molecule is CC/C=C/C=C/C=C/CCCCCCCC(=O)OCC(COC(=O)CCCCCCCCC/C=C/C/C=C/CC)OC(=O)CCCCCCCCC/C=C/C/C=C/CC. The second kappa shape index (κ2) is 47.3. The van der Waals surface area contributed by atoms with Gasteiger partial charge in [-0.3, -0.25) is 14.4 Å². The number of rotatable bonds is 42. The highest BCUT2D eigenvalue weighted by molar-refractivity contribution is 5.71. The fraction of sp³-hybridized carbons (Fsp3) is 0.679. The van der Waals surface area contributed by atoms with E-state index >= 15 is 0 Å². The van der Waals surface area contributed by atoms with Gasteiger partial charge in [-0.05, 0) is 89.9 Å². The number of carbonyl (C=O) groups is 3. The Morgan fingerprint density at radius 3 is 1.12 bits per heavy atom. The number of unbranched alkanes of at least 4 members (excludes halogenated alkanes) is 19. The van der Waals surface area contributed by atoms with Crippen molar-refractivity contribution < 1.29 is 28.6 Å². The summed E-state index contributed by atoms with van der Waals surface area (Å²) in [5, 5.41) is 0. The van der Waals surface area contributed by atoms with Crippen LogP contribution in [0.3, 0.4) is 0 Å². The highest BCUT2D eigenvalue weighted by Gasteiger charge is 2.19. The molecular weight excluding hydrogens is 733 g/mol. The third-order valence-electron chi connectivity index (χ3n) is 9.94. The number of esters is 3. The van der Waals surface area contributed by atoms with E-state index in [-0.39, 0.29) is 31.1 Å². The predicted octanol–water partition coefficient (Wildman–Crippen LogP) is 15.6. The molecule has 0 aromatic rings. The Hall–Kier alpha value is -3.41. The Balaban J connectivity index is 4.44. The van der Waals surface area contributed by atoms with Gasteiger partial charge in [0.05, 0.1) is 0 Å². The molecule has 1 atom stereocenters. The molecule has 6 nitrogen and oxygen atoms in total. The van der Waals surface area contributed by atoms with Crippen LogP contribution in [0, 0.1) is 0 Å². The average Bonchev–Trinajstić information content (AvgIpc) is 3.23. The first-order chi connectivity index (χ1) is 29.0. The van der Waals surface area contributed by atoms with Gasteiger partial charge in [0.2, 0.25) is 0 Å². The smallest absolute Gasteiger partial charge is 0.306 e. The summed E-state index contributed by atoms with van der Waals surface area (Å²) in [6.07, 6.45) is 59.9. The zero-order valence-corrected chi connectivity index (χ0v) is 38.2. The lowest BCUT2D eigenvalue weighted by Crippen LogP contribution is -2.30. The van der Waals surface area contributed by atoms with Crippen LogP contribution < -0.4 is 0 Å². The van der Waals surface area contributed by atoms with Gasteiger partial charge in [0.1, 0.15) is 13.2 Å². The van der Waals surface area contributed by atoms with Crippen molar-refractivity contribution in [3.8, 4) is 0 Å². The van der Waals surface area contributed by atoms with Gasteiger partial charge < -0.3 is 14.2 Å². The van der Waals surface area contributed by atoms with E-state index in [9.17, 15) is 14.4 Å². The molecule has 0 radical (unpaired) electrons. The number of hydrogen-bond donors (Lipinski definition) is 0. The summed E-state index contributed by atoms with van der Waals surface area (Å²) in [5.41, 5.74) is 0. The molecule has 59 heavy (non-hydrogen) atoms. The van der Waals surface area contributed by atoms with Crippen LogP contribution in [0.25, 0.3) is 0 Å². The first kappa shape index (κ1) is 55.6. The summed E-state index contributed by atoms with van der Waals surface area (Å²) in [7, 11) is 0. The number of ether oxygens (including phenoxy) is 3. The minimum Gasteiger partial charge on any atom is -0.462 e. The lowest BCUT2D eigenvalue weighted by atomic mass is 10.1. The molecule has 0 aromatic carbocycles. The van der Waals surface area contributed by atoms with Gasteiger partial charge in [-0.2, -0.15) is 0 Å². The monoisotopic (exact) mass is 821 g/mol. The minimum absolute atomic E-state index is 0.0918. The van der Waals surface area contributed by atoms with Crippen LogP contribution in [0.4, 0.5) is 0 Å². The third-order valence-corrected chi connectivity index (χ3v) is 9.94. The van der Waals surface area contributed by atoms with Gasteiger partial charge in [0.15, 0.2) is 6.10 Å². The maximum absolute atomic E-state index is 12.8. The predicted molar refractivity (Wildman–Crippen MR) is 251 cm³/mol. The Bertz CT molecular complexity index is 1170. The third kappa shape index (κ3) is 45.5. The molecule has 0 saturated carbocycles. The summed E-state index contributed by atoms with van der Waals surface area (Å²) < 4.78 is 16.7. The van der Waals surface area contributed by atoms with E-state index in [0.717, 1.165) is 122 Å². The molecule has 0 aromatic heterocycles. The lowest BCUT2D eigenvalue weighted by Gasteiger charge is -2.18. The zero-order valence-electron chi connectivity index (χ0n) is 38.2. The van der Waals surface area contributed by atoms with E-state index in [2.05, 4.69) is 106 Å². The molecule has 0 amide bonds. The van der Waals surface area contributed by atoms with E-state index in [1.165, 1.54) is 51.4 Å². The van der Waals surface area contributed by atoms with Crippen LogP contribution in [0.1, 0.15) is 213 Å². The van der Waals surface area contributed by atoms with Crippen molar-refractivity contribution in [2.45, 2.75) is 219 Å². The quantitative estimate of drug-likeness (QED) is 0.0201. The molecule has 0 saturated heterocycles. The Morgan fingerprint density at radius 2 is 0.695 bits per heavy atom. The van der Waals surface area contributed by atoms with Crippen molar-refractivity contribution in [2.24, 2.45) is 0 Å². The second-order valence-corrected chi connectivity index (χ2v) is 15.6. The van der Waals surface area contributed by atoms with E-state index in [4.69, 9.17) is 14.2 Å². The summed E-state index contributed by atoms with van der Waals surface area (Å²) >= 11 is 0. The van der Waals surface area contributed by atoms with Crippen molar-refractivity contribution in [3.63, 3.8) is 0 Å². The molecule has 6 heteroatoms. The molecular formula is C53H88O6. The van der Waals surface area contributed by atoms with Crippen molar-refractivity contribution in [1.82, 2.24) is 0 Å². The molecule has 0 fully saturated rings. The van der Waals surface area contributed by atoms with Crippen molar-refractivity contribution in [3.05, 3.63) is 85.1 Å². The highest BCUT2D eigenvalue weighted by atomic mass is 16.6. The van der Waals surface area contributed by atoms with Crippen LogP contribution in [-0.2, 0) is 28.6 Å². The first-order valence-corrected chi connectivity index (χ1v) is 24.1. The maximum Gasteiger partial charge on any atom is 0.306 e. The summed E-state index contributed by atoms with van der Waals surface area (Å²) in [4.78, 5) is 37.9. The molecule has 0 spiro atoms. The zero-order chi connectivity index (χ0) is 43.0. The normalized spacial score (nSPS) is 12.8. The molecule has 0 aliphatic carbocycles. The molecule has 0 bridgehead atoms. The van der Waals surface area contributed by atoms with Crippen LogP contribution in [0.2, 0.25) is 0 Å². The standard InChI is InChI=1S/C53H88O6/c1-4-7-10-13-16-19-22-25-28-31-34-37-40-43-46-52(55)58-49-50(48-57-51(54)45-42-39-36-33-30-27-24-21-18-15-12-9-6-3)59-53(56)47-44-41-38-35-32-29-26-23-20-17-14-11-8-5-2/h7-12,15-21,24,50H,4-6,13-14,22-23,25-49H2,1-3H3/b10-7+,11-8+,12-9+,18-15+,19-16+,20-17+,24-21+. The highest BCUT2D eigenvalue weighted by Crippen LogP contribution is 2.14. The van der Waals surface area contributed by atoms with E-state index in [0.29, 0.717) is 19.3 Å². The largest absolute Gasteiger partial charge is 0.462 e. The Kier molecular flexibility index (Phi) is 44.5. The van der Waals surface area contributed by atoms with Crippen molar-refractivity contribution in [2.75, 3.05) is 13.2 Å². The van der Waals surface area contributed by atoms with Crippen molar-refractivity contribution >= 4 is 17.9 Å². The minimum atomic E-state index is -0.791. The Labute approximate surface area is 363 Å². The second-order valence-electron chi connectivity index (χ2n) is 15.6. The number of allylic oxidation sites excluding steroid dienone is 14. The molecule has 1 unspecified atom stereocenters. The van der Waals surface area contributed by atoms with E-state index in [1.54, 1.807) is 0 Å². The Morgan fingerprint density at radius 1 is 0.356 bits per heavy atom. The summed E-state index contributed by atoms with van der Waals surface area (Å²) in [6, 6.07) is 0. The fourth-order valence-electron chi connectivity index (χ4n) is 6.40. The molecule has 0 heterocycles. The molecule has 0 rings (SSSR count). The molecule has 0 aliphatic rings. The first-order valence-electron chi connectivity index (χ1n) is 24.1. The van der Waals surface area contributed by atoms with Crippen LogP contribution in [-0.4, -0.2) is 37.2 Å². The van der Waals surface area contributed by atoms with Gasteiger partial charge >= 0.3 is 17.9 Å². The average molecular weight is 821 g/mol. The van der Waals surface area contributed by atoms with Gasteiger partial charge in [-0.25, -0.2) is 0 Å². The van der Waals surface area contributed by atoms with Crippen LogP contribution >= 0.6 is 0 Å². The van der Waals surface area contributed by atoms with Gasteiger partial charge in [-0.1, -0.05) is 189 Å². The van der Waals surface area contributed by atoms with Gasteiger partial charge in [-0.15, -0.1) is 0 Å². The molecule has 0 aliphatic heterocycles. The van der Waals surface area contributed by atoms with Crippen molar-refractivity contribution in [1.29, 1.82) is 0 Å². The maximum atomic E-state index is 12.8. The fourth-order valence-corrected chi connectivity index (χ4v) is 6.40. The topological polar surface area (TPSA) is 78.9 Å². The van der Waals surface area contributed by atoms with Crippen LogP contribution in [0.5, 0.6) is 0 Å². The summed E-state index contributed by atoms with van der Waals surface area (Å²) in [6.45, 7) is 6.25. The van der Waals surface area contributed by atoms with E-state index in [1.807, 2.05) is 0 Å². The molecule has 0 N–H and O–H groups in total. The van der Waals surface area contributed by atoms with Crippen LogP contribution in [0.15, 0.2) is 85.1 Å². The summed E-state index contributed by atoms with van der Waals surface area (Å²) in [5.74, 6) is -0.933.